The molecule has 0 amide bonds. The molecule has 0 aliphatic rings. The molecule has 0 saturated heterocycles. The van der Waals surface area contributed by atoms with Crippen molar-refractivity contribution in [2.45, 2.75) is 4.79 Å². The third-order valence-corrected chi connectivity index (χ3v) is 23.0. The first-order chi connectivity index (χ1) is 10.4. The Bertz CT molecular complexity index is 383. The molecule has 0 atom stereocenters. The Morgan fingerprint density at radius 3 is 0.591 bits per heavy atom. The van der Waals surface area contributed by atoms with Gasteiger partial charge in [0.25, 0.3) is 0 Å². The van der Waals surface area contributed by atoms with Crippen molar-refractivity contribution in [3.63, 3.8) is 0 Å². The number of rotatable bonds is 12. The van der Waals surface area contributed by atoms with Gasteiger partial charge in [-0.3, -0.25) is 0 Å². The summed E-state index contributed by atoms with van der Waals surface area (Å²) < 4.78 is 0. The summed E-state index contributed by atoms with van der Waals surface area (Å²) in [6.07, 6.45) is 0. The molecule has 116 valence electrons. The van der Waals surface area contributed by atoms with Gasteiger partial charge >= 0.3 is 0 Å². The fourth-order valence-electron chi connectivity index (χ4n) is 3.11. The van der Waals surface area contributed by atoms with E-state index in [4.69, 9.17) is 0 Å². The smallest absolute Gasteiger partial charge is 0.106 e. The van der Waals surface area contributed by atoms with Crippen molar-refractivity contribution in [2.75, 3.05) is 0 Å². The zero-order chi connectivity index (χ0) is 17.4. The van der Waals surface area contributed by atoms with Crippen LogP contribution in [-0.4, -0.2) is 24.2 Å². The van der Waals surface area contributed by atoms with Crippen LogP contribution >= 0.6 is 0 Å². The van der Waals surface area contributed by atoms with E-state index in [9.17, 15) is 0 Å². The van der Waals surface area contributed by atoms with Crippen LogP contribution in [0.4, 0.5) is 0 Å². The van der Waals surface area contributed by atoms with Crippen LogP contribution in [0.15, 0.2) is 111 Å². The minimum absolute atomic E-state index is 0.208. The van der Waals surface area contributed by atoms with E-state index >= 15 is 0 Å². The van der Waals surface area contributed by atoms with Gasteiger partial charge in [-0.15, -0.1) is 59.2 Å². The molecule has 0 unspecified atom stereocenters. The van der Waals surface area contributed by atoms with Crippen LogP contribution in [0.3, 0.4) is 0 Å². The van der Waals surface area contributed by atoms with Gasteiger partial charge in [-0.2, -0.15) is 0 Å². The molecule has 0 heterocycles. The Labute approximate surface area is 139 Å². The summed E-state index contributed by atoms with van der Waals surface area (Å²) in [6, 6.07) is 0. The lowest BCUT2D eigenvalue weighted by molar-refractivity contribution is 1.51. The predicted molar refractivity (Wildman–Crippen MR) is 113 cm³/mol. The Morgan fingerprint density at radius 1 is 0.364 bits per heavy atom. The normalized spacial score (nSPS) is 11.9. The number of hydrogen-bond acceptors (Lipinski definition) is 0. The summed E-state index contributed by atoms with van der Waals surface area (Å²) in [4.78, 5) is 0.208. The van der Waals surface area contributed by atoms with Crippen molar-refractivity contribution in [1.82, 2.24) is 0 Å². The van der Waals surface area contributed by atoms with Gasteiger partial charge in [0.05, 0.1) is 0 Å². The molecular weight excluding hydrogens is 312 g/mol. The second-order valence-corrected chi connectivity index (χ2v) is 18.4. The van der Waals surface area contributed by atoms with Crippen molar-refractivity contribution in [1.29, 1.82) is 0 Å². The van der Waals surface area contributed by atoms with Crippen molar-refractivity contribution in [3.8, 4) is 0 Å². The molecule has 0 fully saturated rings. The molecule has 0 aromatic carbocycles. The van der Waals surface area contributed by atoms with Crippen LogP contribution in [-0.2, 0) is 0 Å². The van der Waals surface area contributed by atoms with Crippen molar-refractivity contribution in [3.05, 3.63) is 111 Å². The third-order valence-electron chi connectivity index (χ3n) is 4.68. The third kappa shape index (κ3) is 2.93. The molecule has 3 heteroatoms. The molecule has 0 aliphatic heterocycles. The standard InChI is InChI=1S/C19H28Si3/c1-10-20(11-2,12-3)19(21(13-4,14-5)15-6)22(16-7,17-8)18-9/h10-19H,1-9H2. The van der Waals surface area contributed by atoms with Gasteiger partial charge in [0.1, 0.15) is 24.2 Å². The van der Waals surface area contributed by atoms with Crippen molar-refractivity contribution < 1.29 is 0 Å². The summed E-state index contributed by atoms with van der Waals surface area (Å²) in [5, 5.41) is 0. The van der Waals surface area contributed by atoms with Crippen LogP contribution in [0.1, 0.15) is 0 Å². The maximum absolute atomic E-state index is 4.09. The monoisotopic (exact) mass is 340 g/mol. The molecule has 0 aromatic rings. The zero-order valence-corrected chi connectivity index (χ0v) is 16.6. The molecule has 22 heavy (non-hydrogen) atoms. The van der Waals surface area contributed by atoms with Gasteiger partial charge < -0.3 is 0 Å². The SMILES string of the molecule is C=C[Si](C=C)(C=C)C([Si](C=C)(C=C)C=C)[Si](C=C)(C=C)C=C. The molecule has 0 spiro atoms. The lowest BCUT2D eigenvalue weighted by Crippen LogP contribution is -2.61. The van der Waals surface area contributed by atoms with Crippen LogP contribution in [0.5, 0.6) is 0 Å². The minimum atomic E-state index is -2.26. The average Bonchev–Trinajstić information content (AvgIpc) is 2.60. The highest BCUT2D eigenvalue weighted by Gasteiger charge is 2.54. The fourth-order valence-corrected chi connectivity index (χ4v) is 23.5. The van der Waals surface area contributed by atoms with Gasteiger partial charge in [0, 0.05) is 0 Å². The molecule has 0 nitrogen and oxygen atoms in total. The first kappa shape index (κ1) is 20.3. The highest BCUT2D eigenvalue weighted by atomic mass is 28.5. The number of hydrogen-bond donors (Lipinski definition) is 0. The van der Waals surface area contributed by atoms with Crippen molar-refractivity contribution >= 4 is 24.2 Å². The fraction of sp³-hybridized carbons (Fsp3) is 0.0526. The van der Waals surface area contributed by atoms with E-state index in [-0.39, 0.29) is 4.79 Å². The maximum Gasteiger partial charge on any atom is 0.124 e. The van der Waals surface area contributed by atoms with E-state index in [1.165, 1.54) is 0 Å². The highest BCUT2D eigenvalue weighted by Crippen LogP contribution is 2.44. The lowest BCUT2D eigenvalue weighted by Gasteiger charge is -2.48. The highest BCUT2D eigenvalue weighted by molar-refractivity contribution is 7.25. The van der Waals surface area contributed by atoms with E-state index < -0.39 is 24.2 Å². The Kier molecular flexibility index (Phi) is 7.46. The van der Waals surface area contributed by atoms with Crippen LogP contribution < -0.4 is 0 Å². The summed E-state index contributed by atoms with van der Waals surface area (Å²) in [6.45, 7) is 36.8. The van der Waals surface area contributed by atoms with E-state index in [0.29, 0.717) is 0 Å². The Balaban J connectivity index is 7.03. The van der Waals surface area contributed by atoms with E-state index in [1.54, 1.807) is 0 Å². The molecule has 0 saturated carbocycles. The predicted octanol–water partition coefficient (Wildman–Crippen LogP) is 5.31. The van der Waals surface area contributed by atoms with Crippen LogP contribution in [0, 0.1) is 0 Å². The van der Waals surface area contributed by atoms with Gasteiger partial charge in [-0.25, -0.2) is 0 Å². The second kappa shape index (κ2) is 8.08. The maximum atomic E-state index is 4.09. The Hall–Kier alpha value is -1.69. The zero-order valence-electron chi connectivity index (χ0n) is 13.6. The minimum Gasteiger partial charge on any atom is -0.106 e. The molecular formula is C19H28Si3. The van der Waals surface area contributed by atoms with Crippen LogP contribution in [0.2, 0.25) is 4.79 Å². The average molecular weight is 341 g/mol. The lowest BCUT2D eigenvalue weighted by atomic mass is 11.2. The quantitative estimate of drug-likeness (QED) is 0.422. The molecule has 0 N–H and O–H groups in total. The topological polar surface area (TPSA) is 0 Å². The summed E-state index contributed by atoms with van der Waals surface area (Å²) >= 11 is 0. The first-order valence-corrected chi connectivity index (χ1v) is 14.1. The second-order valence-electron chi connectivity index (χ2n) is 5.27. The largest absolute Gasteiger partial charge is 0.124 e. The summed E-state index contributed by atoms with van der Waals surface area (Å²) in [7, 11) is -6.77. The van der Waals surface area contributed by atoms with Gasteiger partial charge in [-0.1, -0.05) is 51.3 Å². The van der Waals surface area contributed by atoms with E-state index in [1.807, 2.05) is 51.3 Å². The first-order valence-electron chi connectivity index (χ1n) is 7.14. The van der Waals surface area contributed by atoms with Crippen molar-refractivity contribution in [2.24, 2.45) is 0 Å². The molecule has 0 aliphatic carbocycles. The van der Waals surface area contributed by atoms with E-state index in [2.05, 4.69) is 59.2 Å². The molecule has 0 bridgehead atoms. The summed E-state index contributed by atoms with van der Waals surface area (Å²) in [5.74, 6) is 0. The van der Waals surface area contributed by atoms with Gasteiger partial charge in [0.15, 0.2) is 0 Å². The summed E-state index contributed by atoms with van der Waals surface area (Å²) in [5.41, 5.74) is 18.2. The van der Waals surface area contributed by atoms with Gasteiger partial charge in [-0.05, 0) is 4.79 Å². The Morgan fingerprint density at radius 2 is 0.500 bits per heavy atom. The molecule has 0 rings (SSSR count). The molecule has 0 radical (unpaired) electrons. The van der Waals surface area contributed by atoms with Crippen LogP contribution in [0.25, 0.3) is 0 Å². The van der Waals surface area contributed by atoms with Gasteiger partial charge in [0.2, 0.25) is 0 Å². The molecule has 0 aromatic heterocycles. The van der Waals surface area contributed by atoms with E-state index in [0.717, 1.165) is 0 Å².